The molecule has 0 aliphatic rings. The van der Waals surface area contributed by atoms with E-state index in [1.807, 2.05) is 6.92 Å². The topological polar surface area (TPSA) is 0 Å². The van der Waals surface area contributed by atoms with E-state index in [1.165, 1.54) is 0 Å². The second-order valence-corrected chi connectivity index (χ2v) is 1.42. The van der Waals surface area contributed by atoms with Gasteiger partial charge in [-0.15, -0.1) is 0 Å². The Morgan fingerprint density at radius 3 is 2.00 bits per heavy atom. The third-order valence-corrected chi connectivity index (χ3v) is 0.787. The molecule has 0 aliphatic heterocycles. The van der Waals surface area contributed by atoms with Crippen LogP contribution in [0, 0.1) is 0 Å². The summed E-state index contributed by atoms with van der Waals surface area (Å²) in [7, 11) is 0. The standard InChI is InChI=1S/C4H7.ClH.Ni/c1-4(2)3;;/h1-2H2,3H3;1H;/q;;+1/p-1. The van der Waals surface area contributed by atoms with Gasteiger partial charge in [-0.1, -0.05) is 0 Å². The van der Waals surface area contributed by atoms with E-state index in [4.69, 9.17) is 0 Å². The molecule has 0 N–H and O–H groups in total. The molecule has 0 saturated heterocycles. The Hall–Kier alpha value is 0.524. The first-order valence-corrected chi connectivity index (χ1v) is 2.13. The molecule has 0 aromatic carbocycles. The van der Waals surface area contributed by atoms with E-state index in [0.717, 1.165) is 11.0 Å². The minimum absolute atomic E-state index is 0. The van der Waals surface area contributed by atoms with Crippen molar-refractivity contribution in [3.05, 3.63) is 12.2 Å². The monoisotopic (exact) mass is 148 g/mol. The Kier molecular flexibility index (Phi) is 8.95. The fraction of sp³-hybridized carbons (Fsp3) is 0.500. The van der Waals surface area contributed by atoms with E-state index in [2.05, 4.69) is 22.0 Å². The van der Waals surface area contributed by atoms with Crippen molar-refractivity contribution < 1.29 is 27.9 Å². The maximum Gasteiger partial charge on any atom is -1.00 e. The molecular formula is C4H7ClNi. The molecule has 0 spiro atoms. The molecule has 0 amide bonds. The fourth-order valence-corrected chi connectivity index (χ4v) is 0. The van der Waals surface area contributed by atoms with Gasteiger partial charge in [-0.3, -0.25) is 0 Å². The molecule has 0 atom stereocenters. The van der Waals surface area contributed by atoms with Crippen molar-refractivity contribution in [1.82, 2.24) is 0 Å². The van der Waals surface area contributed by atoms with Crippen LogP contribution in [0.25, 0.3) is 0 Å². The molecule has 40 valence electrons. The predicted molar refractivity (Wildman–Crippen MR) is 19.6 cm³/mol. The summed E-state index contributed by atoms with van der Waals surface area (Å²) in [4.78, 5) is 0. The second-order valence-electron chi connectivity index (χ2n) is 1.07. The normalized spacial score (nSPS) is 6.50. The van der Waals surface area contributed by atoms with Crippen LogP contribution in [-0.2, 0) is 15.5 Å². The van der Waals surface area contributed by atoms with Crippen molar-refractivity contribution in [3.63, 3.8) is 0 Å². The van der Waals surface area contributed by atoms with Crippen LogP contribution in [0.1, 0.15) is 6.92 Å². The van der Waals surface area contributed by atoms with Gasteiger partial charge in [0, 0.05) is 0 Å². The molecule has 6 heavy (non-hydrogen) atoms. The molecular weight excluding hydrogens is 142 g/mol. The summed E-state index contributed by atoms with van der Waals surface area (Å²) in [6, 6.07) is 0. The van der Waals surface area contributed by atoms with Crippen molar-refractivity contribution in [1.29, 1.82) is 0 Å². The zero-order valence-electron chi connectivity index (χ0n) is 3.61. The second kappa shape index (κ2) is 5.52. The summed E-state index contributed by atoms with van der Waals surface area (Å²) < 4.78 is 0. The summed E-state index contributed by atoms with van der Waals surface area (Å²) in [5, 5.41) is 0.736. The van der Waals surface area contributed by atoms with Crippen LogP contribution in [0.5, 0.6) is 0 Å². The molecule has 0 saturated carbocycles. The van der Waals surface area contributed by atoms with E-state index >= 15 is 0 Å². The van der Waals surface area contributed by atoms with Gasteiger partial charge in [0.25, 0.3) is 0 Å². The molecule has 2 heteroatoms. The Morgan fingerprint density at radius 1 is 1.83 bits per heavy atom. The Bertz CT molecular complexity index is 42.8. The predicted octanol–water partition coefficient (Wildman–Crippen LogP) is -1.47. The average Bonchev–Trinajstić information content (AvgIpc) is 1.38. The van der Waals surface area contributed by atoms with E-state index in [0.29, 0.717) is 0 Å². The summed E-state index contributed by atoms with van der Waals surface area (Å²) in [5.41, 5.74) is 1.09. The summed E-state index contributed by atoms with van der Waals surface area (Å²) in [5.74, 6) is 0. The number of allylic oxidation sites excluding steroid dienone is 1. The van der Waals surface area contributed by atoms with Gasteiger partial charge in [0.2, 0.25) is 0 Å². The van der Waals surface area contributed by atoms with Crippen LogP contribution in [-0.4, -0.2) is 0 Å². The van der Waals surface area contributed by atoms with Crippen LogP contribution in [0.2, 0.25) is 5.39 Å². The maximum atomic E-state index is 4.33. The number of rotatable bonds is 1. The smallest absolute Gasteiger partial charge is 1.00 e. The first-order valence-electron chi connectivity index (χ1n) is 1.43. The molecule has 0 aliphatic carbocycles. The van der Waals surface area contributed by atoms with E-state index in [9.17, 15) is 0 Å². The minimum atomic E-state index is 0. The SMILES string of the molecule is C=C(C)[CH2][Ni+].[Cl-]. The van der Waals surface area contributed by atoms with Gasteiger partial charge < -0.3 is 12.4 Å². The molecule has 0 aromatic heterocycles. The van der Waals surface area contributed by atoms with Crippen molar-refractivity contribution in [2.75, 3.05) is 0 Å². The van der Waals surface area contributed by atoms with Crippen LogP contribution >= 0.6 is 0 Å². The fourth-order valence-electron chi connectivity index (χ4n) is 0. The van der Waals surface area contributed by atoms with Gasteiger partial charge in [-0.2, -0.15) is 0 Å². The summed E-state index contributed by atoms with van der Waals surface area (Å²) in [6.07, 6.45) is 0. The van der Waals surface area contributed by atoms with Gasteiger partial charge in [-0.05, 0) is 0 Å². The van der Waals surface area contributed by atoms with Crippen molar-refractivity contribution >= 4 is 0 Å². The molecule has 0 rings (SSSR count). The summed E-state index contributed by atoms with van der Waals surface area (Å²) >= 11 is 4.33. The molecule has 0 fully saturated rings. The van der Waals surface area contributed by atoms with E-state index in [1.54, 1.807) is 0 Å². The van der Waals surface area contributed by atoms with Gasteiger partial charge in [-0.25, -0.2) is 0 Å². The van der Waals surface area contributed by atoms with Gasteiger partial charge in [0.05, 0.1) is 0 Å². The van der Waals surface area contributed by atoms with Crippen molar-refractivity contribution in [2.45, 2.75) is 12.3 Å². The Morgan fingerprint density at radius 2 is 2.00 bits per heavy atom. The van der Waals surface area contributed by atoms with Crippen LogP contribution < -0.4 is 12.4 Å². The molecule has 0 nitrogen and oxygen atoms in total. The van der Waals surface area contributed by atoms with Crippen molar-refractivity contribution in [3.8, 4) is 0 Å². The molecule has 0 radical (unpaired) electrons. The average molecular weight is 149 g/mol. The first-order chi connectivity index (χ1) is 2.27. The first kappa shape index (κ1) is 9.73. The molecule has 0 bridgehead atoms. The zero-order valence-corrected chi connectivity index (χ0v) is 5.35. The van der Waals surface area contributed by atoms with Gasteiger partial charge in [0.1, 0.15) is 0 Å². The molecule has 0 unspecified atom stereocenters. The number of halogens is 1. The summed E-state index contributed by atoms with van der Waals surface area (Å²) in [6.45, 7) is 5.51. The zero-order chi connectivity index (χ0) is 4.28. The largest absolute Gasteiger partial charge is 1.00 e. The van der Waals surface area contributed by atoms with E-state index in [-0.39, 0.29) is 12.4 Å². The van der Waals surface area contributed by atoms with Gasteiger partial charge in [0.15, 0.2) is 0 Å². The van der Waals surface area contributed by atoms with Crippen LogP contribution in [0.3, 0.4) is 0 Å². The van der Waals surface area contributed by atoms with Crippen LogP contribution in [0.15, 0.2) is 12.2 Å². The third kappa shape index (κ3) is 8.82. The van der Waals surface area contributed by atoms with E-state index < -0.39 is 0 Å². The Balaban J connectivity index is 0. The molecule has 0 heterocycles. The van der Waals surface area contributed by atoms with Gasteiger partial charge >= 0.3 is 39.9 Å². The number of hydrogen-bond donors (Lipinski definition) is 0. The molecule has 0 aromatic rings. The Labute approximate surface area is 52.8 Å². The van der Waals surface area contributed by atoms with Crippen LogP contribution in [0.4, 0.5) is 0 Å². The quantitative estimate of drug-likeness (QED) is 0.315. The minimum Gasteiger partial charge on any atom is -1.00 e. The van der Waals surface area contributed by atoms with Crippen molar-refractivity contribution in [2.24, 2.45) is 0 Å². The maximum absolute atomic E-state index is 4.33. The number of hydrogen-bond acceptors (Lipinski definition) is 0. The third-order valence-electron chi connectivity index (χ3n) is 0.191.